The van der Waals surface area contributed by atoms with Crippen molar-refractivity contribution in [3.05, 3.63) is 94.0 Å². The van der Waals surface area contributed by atoms with E-state index in [2.05, 4.69) is 0 Å². The van der Waals surface area contributed by atoms with Crippen LogP contribution in [0.15, 0.2) is 72.8 Å². The third-order valence-corrected chi connectivity index (χ3v) is 4.61. The summed E-state index contributed by atoms with van der Waals surface area (Å²) in [5.41, 5.74) is 7.58. The molecule has 3 rings (SSSR count). The van der Waals surface area contributed by atoms with Crippen molar-refractivity contribution in [2.75, 3.05) is 0 Å². The van der Waals surface area contributed by atoms with Gasteiger partial charge in [0.1, 0.15) is 11.5 Å². The highest BCUT2D eigenvalue weighted by Crippen LogP contribution is 2.32. The first-order chi connectivity index (χ1) is 12.0. The summed E-state index contributed by atoms with van der Waals surface area (Å²) in [7, 11) is 0. The summed E-state index contributed by atoms with van der Waals surface area (Å²) >= 11 is 11.9. The Morgan fingerprint density at radius 3 is 2.00 bits per heavy atom. The summed E-state index contributed by atoms with van der Waals surface area (Å²) in [4.78, 5) is 0. The van der Waals surface area contributed by atoms with Gasteiger partial charge in [0.05, 0.1) is 22.2 Å². The molecule has 0 fully saturated rings. The Labute approximate surface area is 156 Å². The van der Waals surface area contributed by atoms with E-state index in [-0.39, 0.29) is 0 Å². The molecule has 0 heterocycles. The van der Waals surface area contributed by atoms with E-state index < -0.39 is 12.1 Å². The smallest absolute Gasteiger partial charge is 0.127 e. The van der Waals surface area contributed by atoms with E-state index in [1.54, 1.807) is 42.5 Å². The Bertz CT molecular complexity index is 838. The van der Waals surface area contributed by atoms with Gasteiger partial charge in [-0.1, -0.05) is 59.6 Å². The fourth-order valence-corrected chi connectivity index (χ4v) is 2.77. The minimum Gasteiger partial charge on any atom is -0.457 e. The summed E-state index contributed by atoms with van der Waals surface area (Å²) in [6, 6.07) is 21.2. The van der Waals surface area contributed by atoms with Crippen LogP contribution >= 0.6 is 23.2 Å². The van der Waals surface area contributed by atoms with Crippen LogP contribution in [0.5, 0.6) is 11.5 Å². The molecule has 3 N–H and O–H groups in total. The van der Waals surface area contributed by atoms with Gasteiger partial charge in [-0.3, -0.25) is 0 Å². The molecular formula is C20H17Cl2NO2. The molecule has 5 heteroatoms. The lowest BCUT2D eigenvalue weighted by Crippen LogP contribution is -2.19. The largest absolute Gasteiger partial charge is 0.457 e. The number of nitrogens with two attached hydrogens (primary N) is 1. The molecule has 0 aliphatic carbocycles. The fraction of sp³-hybridized carbons (Fsp3) is 0.100. The van der Waals surface area contributed by atoms with Crippen molar-refractivity contribution >= 4 is 23.2 Å². The highest BCUT2D eigenvalue weighted by atomic mass is 35.5. The maximum Gasteiger partial charge on any atom is 0.127 e. The lowest BCUT2D eigenvalue weighted by atomic mass is 9.96. The van der Waals surface area contributed by atoms with Crippen molar-refractivity contribution in [1.29, 1.82) is 0 Å². The lowest BCUT2D eigenvalue weighted by Gasteiger charge is -2.20. The molecule has 0 aromatic heterocycles. The second-order valence-corrected chi connectivity index (χ2v) is 6.44. The number of aliphatic hydroxyl groups is 1. The van der Waals surface area contributed by atoms with Crippen molar-refractivity contribution in [3.8, 4) is 11.5 Å². The number of rotatable bonds is 5. The van der Waals surface area contributed by atoms with Gasteiger partial charge in [0.2, 0.25) is 0 Å². The quantitative estimate of drug-likeness (QED) is 0.618. The van der Waals surface area contributed by atoms with Gasteiger partial charge < -0.3 is 15.6 Å². The van der Waals surface area contributed by atoms with E-state index in [0.29, 0.717) is 26.9 Å². The number of hydrogen-bond donors (Lipinski definition) is 2. The number of ether oxygens (including phenoxy) is 1. The molecule has 2 atom stereocenters. The number of hydrogen-bond acceptors (Lipinski definition) is 3. The van der Waals surface area contributed by atoms with Crippen LogP contribution < -0.4 is 10.5 Å². The van der Waals surface area contributed by atoms with Crippen LogP contribution in [-0.4, -0.2) is 5.11 Å². The third kappa shape index (κ3) is 4.33. The van der Waals surface area contributed by atoms with Gasteiger partial charge in [0.25, 0.3) is 0 Å². The van der Waals surface area contributed by atoms with Crippen LogP contribution in [0.4, 0.5) is 0 Å². The molecule has 3 aromatic rings. The van der Waals surface area contributed by atoms with E-state index in [4.69, 9.17) is 33.7 Å². The Balaban J connectivity index is 1.73. The Hall–Kier alpha value is -2.04. The second kappa shape index (κ2) is 7.89. The fourth-order valence-electron chi connectivity index (χ4n) is 2.47. The van der Waals surface area contributed by atoms with Gasteiger partial charge in [0.15, 0.2) is 0 Å². The average molecular weight is 374 g/mol. The second-order valence-electron chi connectivity index (χ2n) is 5.63. The highest BCUT2D eigenvalue weighted by molar-refractivity contribution is 6.42. The van der Waals surface area contributed by atoms with Crippen molar-refractivity contribution in [3.63, 3.8) is 0 Å². The number of halogens is 2. The average Bonchev–Trinajstić information content (AvgIpc) is 2.64. The van der Waals surface area contributed by atoms with Crippen molar-refractivity contribution in [2.24, 2.45) is 5.73 Å². The topological polar surface area (TPSA) is 55.5 Å². The molecule has 0 aliphatic heterocycles. The predicted molar refractivity (Wildman–Crippen MR) is 101 cm³/mol. The van der Waals surface area contributed by atoms with Crippen LogP contribution in [0.25, 0.3) is 0 Å². The first-order valence-corrected chi connectivity index (χ1v) is 8.51. The van der Waals surface area contributed by atoms with Crippen LogP contribution in [0, 0.1) is 0 Å². The van der Waals surface area contributed by atoms with Crippen LogP contribution in [0.2, 0.25) is 10.0 Å². The SMILES string of the molecule is N[C@@H](c1ccc(Cl)c(Cl)c1)[C@H](O)c1ccc(Oc2ccccc2)cc1. The zero-order valence-corrected chi connectivity index (χ0v) is 14.8. The third-order valence-electron chi connectivity index (χ3n) is 3.87. The minimum atomic E-state index is -0.872. The van der Waals surface area contributed by atoms with Crippen molar-refractivity contribution in [2.45, 2.75) is 12.1 Å². The van der Waals surface area contributed by atoms with E-state index in [1.165, 1.54) is 0 Å². The highest BCUT2D eigenvalue weighted by Gasteiger charge is 2.19. The molecule has 128 valence electrons. The summed E-state index contributed by atoms with van der Waals surface area (Å²) in [5.74, 6) is 1.44. The van der Waals surface area contributed by atoms with Crippen LogP contribution in [0.1, 0.15) is 23.3 Å². The molecular weight excluding hydrogens is 357 g/mol. The molecule has 0 amide bonds. The Kier molecular flexibility index (Phi) is 5.61. The molecule has 0 spiro atoms. The molecule has 0 unspecified atom stereocenters. The monoisotopic (exact) mass is 373 g/mol. The van der Waals surface area contributed by atoms with Crippen LogP contribution in [0.3, 0.4) is 0 Å². The van der Waals surface area contributed by atoms with Crippen LogP contribution in [-0.2, 0) is 0 Å². The lowest BCUT2D eigenvalue weighted by molar-refractivity contribution is 0.147. The van der Waals surface area contributed by atoms with E-state index in [9.17, 15) is 5.11 Å². The number of aliphatic hydroxyl groups excluding tert-OH is 1. The van der Waals surface area contributed by atoms with Gasteiger partial charge in [-0.05, 0) is 47.5 Å². The van der Waals surface area contributed by atoms with Gasteiger partial charge in [-0.25, -0.2) is 0 Å². The molecule has 3 nitrogen and oxygen atoms in total. The minimum absolute atomic E-state index is 0.411. The zero-order valence-electron chi connectivity index (χ0n) is 13.3. The summed E-state index contributed by atoms with van der Waals surface area (Å²) in [6.07, 6.45) is -0.872. The number of benzene rings is 3. The molecule has 3 aromatic carbocycles. The molecule has 0 radical (unpaired) electrons. The molecule has 25 heavy (non-hydrogen) atoms. The Morgan fingerprint density at radius 2 is 1.36 bits per heavy atom. The normalized spacial score (nSPS) is 13.3. The Morgan fingerprint density at radius 1 is 0.760 bits per heavy atom. The van der Waals surface area contributed by atoms with E-state index in [1.807, 2.05) is 30.3 Å². The molecule has 0 aliphatic rings. The van der Waals surface area contributed by atoms with Gasteiger partial charge in [-0.15, -0.1) is 0 Å². The zero-order chi connectivity index (χ0) is 17.8. The van der Waals surface area contributed by atoms with Crippen molar-refractivity contribution in [1.82, 2.24) is 0 Å². The van der Waals surface area contributed by atoms with Gasteiger partial charge in [0, 0.05) is 0 Å². The molecule has 0 saturated heterocycles. The maximum absolute atomic E-state index is 10.5. The summed E-state index contributed by atoms with van der Waals surface area (Å²) in [6.45, 7) is 0. The summed E-state index contributed by atoms with van der Waals surface area (Å²) < 4.78 is 5.74. The van der Waals surface area contributed by atoms with Gasteiger partial charge in [-0.2, -0.15) is 0 Å². The molecule has 0 saturated carbocycles. The number of para-hydroxylation sites is 1. The first kappa shape index (κ1) is 17.8. The first-order valence-electron chi connectivity index (χ1n) is 7.76. The van der Waals surface area contributed by atoms with E-state index in [0.717, 1.165) is 5.75 Å². The van der Waals surface area contributed by atoms with Gasteiger partial charge >= 0.3 is 0 Å². The van der Waals surface area contributed by atoms with Crippen molar-refractivity contribution < 1.29 is 9.84 Å². The standard InChI is InChI=1S/C20H17Cl2NO2/c21-17-11-8-14(12-18(17)22)19(23)20(24)13-6-9-16(10-7-13)25-15-4-2-1-3-5-15/h1-12,19-20,24H,23H2/t19-,20+/m0/s1. The summed E-state index contributed by atoms with van der Waals surface area (Å²) in [5, 5.41) is 11.4. The molecule has 0 bridgehead atoms. The van der Waals surface area contributed by atoms with E-state index >= 15 is 0 Å². The predicted octanol–water partition coefficient (Wildman–Crippen LogP) is 5.52. The maximum atomic E-state index is 10.5.